The van der Waals surface area contributed by atoms with E-state index in [9.17, 15) is 0 Å². The van der Waals surface area contributed by atoms with Gasteiger partial charge in [-0.25, -0.2) is 4.98 Å². The predicted molar refractivity (Wildman–Crippen MR) is 96.9 cm³/mol. The molecule has 2 aromatic rings. The molecule has 7 nitrogen and oxygen atoms in total. The molecule has 0 amide bonds. The summed E-state index contributed by atoms with van der Waals surface area (Å²) in [5, 5.41) is 9.17. The minimum absolute atomic E-state index is 0.242. The van der Waals surface area contributed by atoms with Crippen LogP contribution in [0.2, 0.25) is 0 Å². The first-order chi connectivity index (χ1) is 12.6. The van der Waals surface area contributed by atoms with Gasteiger partial charge in [0.1, 0.15) is 17.5 Å². The second kappa shape index (κ2) is 6.16. The van der Waals surface area contributed by atoms with Crippen molar-refractivity contribution in [1.82, 2.24) is 29.6 Å². The predicted octanol–water partition coefficient (Wildman–Crippen LogP) is 2.79. The van der Waals surface area contributed by atoms with Gasteiger partial charge in [0.25, 0.3) is 0 Å². The van der Waals surface area contributed by atoms with Gasteiger partial charge in [-0.2, -0.15) is 0 Å². The second-order valence-electron chi connectivity index (χ2n) is 8.22. The van der Waals surface area contributed by atoms with Crippen molar-refractivity contribution in [2.75, 3.05) is 13.7 Å². The van der Waals surface area contributed by atoms with Crippen molar-refractivity contribution < 1.29 is 4.74 Å². The molecule has 0 spiro atoms. The van der Waals surface area contributed by atoms with E-state index in [-0.39, 0.29) is 12.1 Å². The van der Waals surface area contributed by atoms with Crippen molar-refractivity contribution >= 4 is 0 Å². The molecule has 3 heterocycles. The number of aromatic amines is 1. The molecule has 7 heteroatoms. The van der Waals surface area contributed by atoms with Gasteiger partial charge in [-0.15, -0.1) is 10.2 Å². The number of rotatable bonds is 6. The van der Waals surface area contributed by atoms with Gasteiger partial charge in [0.2, 0.25) is 0 Å². The Labute approximate surface area is 154 Å². The van der Waals surface area contributed by atoms with Crippen LogP contribution in [0.3, 0.4) is 0 Å². The molecule has 2 aromatic heterocycles. The number of H-pyrrole nitrogens is 1. The summed E-state index contributed by atoms with van der Waals surface area (Å²) < 4.78 is 8.14. The Balaban J connectivity index is 1.42. The van der Waals surface area contributed by atoms with E-state index in [4.69, 9.17) is 9.72 Å². The Morgan fingerprint density at radius 3 is 2.58 bits per heavy atom. The van der Waals surface area contributed by atoms with Crippen LogP contribution in [0, 0.1) is 13.8 Å². The standard InChI is InChI=1S/C19H28N6O/c1-11-12(2)21-18(20-11)16-8-15(26-3)9-24(16)10-17-22-23-19(13-4-5-13)25(17)14-6-7-14/h13-16H,4-10H2,1-3H3,(H,20,21)/t15-,16+/m1/s1. The molecule has 0 bridgehead atoms. The third kappa shape index (κ3) is 2.87. The van der Waals surface area contributed by atoms with Crippen molar-refractivity contribution in [1.29, 1.82) is 0 Å². The molecule has 0 unspecified atom stereocenters. The van der Waals surface area contributed by atoms with Crippen molar-refractivity contribution in [3.05, 3.63) is 28.9 Å². The van der Waals surface area contributed by atoms with Gasteiger partial charge < -0.3 is 14.3 Å². The van der Waals surface area contributed by atoms with Crippen LogP contribution in [-0.4, -0.2) is 49.4 Å². The second-order valence-corrected chi connectivity index (χ2v) is 8.22. The molecule has 2 atom stereocenters. The van der Waals surface area contributed by atoms with E-state index in [0.29, 0.717) is 12.0 Å². The van der Waals surface area contributed by atoms with Crippen LogP contribution in [0.4, 0.5) is 0 Å². The summed E-state index contributed by atoms with van der Waals surface area (Å²) in [5.74, 6) is 4.05. The van der Waals surface area contributed by atoms with Crippen LogP contribution in [0.1, 0.15) is 79.0 Å². The topological polar surface area (TPSA) is 71.9 Å². The lowest BCUT2D eigenvalue weighted by Crippen LogP contribution is -2.27. The van der Waals surface area contributed by atoms with Gasteiger partial charge in [-0.05, 0) is 46.0 Å². The van der Waals surface area contributed by atoms with E-state index in [1.165, 1.54) is 31.5 Å². The Morgan fingerprint density at radius 2 is 1.96 bits per heavy atom. The van der Waals surface area contributed by atoms with E-state index in [0.717, 1.165) is 42.5 Å². The number of aromatic nitrogens is 5. The number of hydrogen-bond donors (Lipinski definition) is 1. The molecule has 2 saturated carbocycles. The summed E-state index contributed by atoms with van der Waals surface area (Å²) in [4.78, 5) is 10.7. The van der Waals surface area contributed by atoms with E-state index >= 15 is 0 Å². The maximum Gasteiger partial charge on any atom is 0.147 e. The summed E-state index contributed by atoms with van der Waals surface area (Å²) in [6, 6.07) is 0.879. The average Bonchev–Trinajstić information content (AvgIpc) is 3.54. The first kappa shape index (κ1) is 16.4. The molecule has 3 aliphatic rings. The molecule has 26 heavy (non-hydrogen) atoms. The van der Waals surface area contributed by atoms with Gasteiger partial charge in [0.15, 0.2) is 0 Å². The number of imidazole rings is 1. The molecule has 2 aliphatic carbocycles. The Kier molecular flexibility index (Phi) is 3.90. The first-order valence-corrected chi connectivity index (χ1v) is 9.87. The summed E-state index contributed by atoms with van der Waals surface area (Å²) in [7, 11) is 1.81. The smallest absolute Gasteiger partial charge is 0.147 e. The lowest BCUT2D eigenvalue weighted by molar-refractivity contribution is 0.106. The number of hydrogen-bond acceptors (Lipinski definition) is 5. The van der Waals surface area contributed by atoms with Gasteiger partial charge in [-0.3, -0.25) is 4.90 Å². The van der Waals surface area contributed by atoms with Gasteiger partial charge >= 0.3 is 0 Å². The summed E-state index contributed by atoms with van der Waals surface area (Å²) in [6.45, 7) is 5.88. The minimum atomic E-state index is 0.242. The molecule has 1 N–H and O–H groups in total. The van der Waals surface area contributed by atoms with Gasteiger partial charge in [0, 0.05) is 31.3 Å². The molecule has 1 aliphatic heterocycles. The van der Waals surface area contributed by atoms with Gasteiger partial charge in [0.05, 0.1) is 24.4 Å². The zero-order valence-corrected chi connectivity index (χ0v) is 15.9. The molecule has 3 fully saturated rings. The van der Waals surface area contributed by atoms with E-state index < -0.39 is 0 Å². The Hall–Kier alpha value is -1.73. The first-order valence-electron chi connectivity index (χ1n) is 9.87. The highest BCUT2D eigenvalue weighted by molar-refractivity contribution is 5.16. The van der Waals surface area contributed by atoms with Crippen LogP contribution >= 0.6 is 0 Å². The highest BCUT2D eigenvalue weighted by atomic mass is 16.5. The van der Waals surface area contributed by atoms with Crippen molar-refractivity contribution in [2.24, 2.45) is 0 Å². The van der Waals surface area contributed by atoms with Crippen LogP contribution in [0.5, 0.6) is 0 Å². The lowest BCUT2D eigenvalue weighted by atomic mass is 10.2. The fourth-order valence-corrected chi connectivity index (χ4v) is 4.20. The van der Waals surface area contributed by atoms with E-state index in [1.807, 2.05) is 7.11 Å². The zero-order chi connectivity index (χ0) is 17.8. The fourth-order valence-electron chi connectivity index (χ4n) is 4.20. The van der Waals surface area contributed by atoms with E-state index in [2.05, 4.69) is 38.5 Å². The maximum absolute atomic E-state index is 5.69. The molecule has 0 aromatic carbocycles. The normalized spacial score (nSPS) is 26.7. The maximum atomic E-state index is 5.69. The summed E-state index contributed by atoms with van der Waals surface area (Å²) >= 11 is 0. The minimum Gasteiger partial charge on any atom is -0.380 e. The largest absolute Gasteiger partial charge is 0.380 e. The lowest BCUT2D eigenvalue weighted by Gasteiger charge is -2.22. The highest BCUT2D eigenvalue weighted by Gasteiger charge is 2.39. The summed E-state index contributed by atoms with van der Waals surface area (Å²) in [6.07, 6.45) is 6.29. The third-order valence-corrected chi connectivity index (χ3v) is 6.15. The monoisotopic (exact) mass is 356 g/mol. The molecule has 0 radical (unpaired) electrons. The van der Waals surface area contributed by atoms with Crippen LogP contribution < -0.4 is 0 Å². The number of nitrogens with one attached hydrogen (secondary N) is 1. The van der Waals surface area contributed by atoms with Crippen LogP contribution in [0.15, 0.2) is 0 Å². The van der Waals surface area contributed by atoms with Crippen molar-refractivity contribution in [3.63, 3.8) is 0 Å². The number of nitrogens with zero attached hydrogens (tertiary/aromatic N) is 5. The molecular formula is C19H28N6O. The average molecular weight is 356 g/mol. The number of methoxy groups -OCH3 is 1. The zero-order valence-electron chi connectivity index (χ0n) is 15.9. The molecule has 140 valence electrons. The number of ether oxygens (including phenoxy) is 1. The number of aryl methyl sites for hydroxylation is 2. The molecular weight excluding hydrogens is 328 g/mol. The van der Waals surface area contributed by atoms with Gasteiger partial charge in [-0.1, -0.05) is 0 Å². The number of likely N-dealkylation sites (tertiary alicyclic amines) is 1. The van der Waals surface area contributed by atoms with Crippen LogP contribution in [0.25, 0.3) is 0 Å². The highest BCUT2D eigenvalue weighted by Crippen LogP contribution is 2.45. The van der Waals surface area contributed by atoms with E-state index in [1.54, 1.807) is 0 Å². The van der Waals surface area contributed by atoms with Crippen molar-refractivity contribution in [2.45, 2.75) is 76.6 Å². The fraction of sp³-hybridized carbons (Fsp3) is 0.737. The Morgan fingerprint density at radius 1 is 1.15 bits per heavy atom. The SMILES string of the molecule is CO[C@@H]1C[C@@H](c2nc(C)c(C)[nH]2)N(Cc2nnc(C3CC3)n2C2CC2)C1. The molecule has 5 rings (SSSR count). The third-order valence-electron chi connectivity index (χ3n) is 6.15. The Bertz CT molecular complexity index is 784. The van der Waals surface area contributed by atoms with Crippen molar-refractivity contribution in [3.8, 4) is 0 Å². The quantitative estimate of drug-likeness (QED) is 0.862. The molecule has 1 saturated heterocycles. The van der Waals surface area contributed by atoms with Crippen LogP contribution in [-0.2, 0) is 11.3 Å². The summed E-state index contributed by atoms with van der Waals surface area (Å²) in [5.41, 5.74) is 2.23.